The van der Waals surface area contributed by atoms with Crippen molar-refractivity contribution in [2.24, 2.45) is 17.6 Å². The first-order valence-corrected chi connectivity index (χ1v) is 5.79. The van der Waals surface area contributed by atoms with Gasteiger partial charge < -0.3 is 15.8 Å². The van der Waals surface area contributed by atoms with E-state index in [0.717, 1.165) is 38.0 Å². The third-order valence-electron chi connectivity index (χ3n) is 3.73. The maximum Gasteiger partial charge on any atom is 0.0660 e. The average molecular weight is 198 g/mol. The molecule has 0 amide bonds. The Morgan fingerprint density at radius 1 is 1.57 bits per heavy atom. The van der Waals surface area contributed by atoms with Gasteiger partial charge in [0.05, 0.1) is 12.1 Å². The maximum absolute atomic E-state index is 5.84. The monoisotopic (exact) mass is 198 g/mol. The first-order chi connectivity index (χ1) is 6.76. The second-order valence-corrected chi connectivity index (χ2v) is 4.99. The lowest BCUT2D eigenvalue weighted by atomic mass is 9.92. The van der Waals surface area contributed by atoms with Crippen molar-refractivity contribution in [1.29, 1.82) is 0 Å². The van der Waals surface area contributed by atoms with Crippen LogP contribution in [-0.4, -0.2) is 31.8 Å². The Balaban J connectivity index is 1.78. The Bertz CT molecular complexity index is 190. The molecular weight excluding hydrogens is 176 g/mol. The van der Waals surface area contributed by atoms with Crippen molar-refractivity contribution in [2.45, 2.75) is 31.7 Å². The molecule has 0 aromatic carbocycles. The number of nitrogens with one attached hydrogen (secondary N) is 1. The van der Waals surface area contributed by atoms with Gasteiger partial charge in [-0.15, -0.1) is 0 Å². The van der Waals surface area contributed by atoms with Gasteiger partial charge in [0.1, 0.15) is 0 Å². The van der Waals surface area contributed by atoms with Crippen LogP contribution in [0.4, 0.5) is 0 Å². The molecule has 14 heavy (non-hydrogen) atoms. The molecule has 2 aliphatic rings. The van der Waals surface area contributed by atoms with E-state index in [4.69, 9.17) is 10.5 Å². The number of hydrogen-bond donors (Lipinski definition) is 2. The van der Waals surface area contributed by atoms with Crippen LogP contribution in [-0.2, 0) is 4.74 Å². The number of hydrogen-bond acceptors (Lipinski definition) is 3. The highest BCUT2D eigenvalue weighted by molar-refractivity contribution is 4.94. The Morgan fingerprint density at radius 2 is 2.36 bits per heavy atom. The van der Waals surface area contributed by atoms with E-state index in [1.54, 1.807) is 0 Å². The Hall–Kier alpha value is -0.120. The second kappa shape index (κ2) is 4.17. The van der Waals surface area contributed by atoms with E-state index in [1.807, 2.05) is 0 Å². The van der Waals surface area contributed by atoms with Crippen LogP contribution in [0.1, 0.15) is 26.2 Å². The molecule has 1 saturated carbocycles. The van der Waals surface area contributed by atoms with E-state index < -0.39 is 0 Å². The average Bonchev–Trinajstić information content (AvgIpc) is 2.93. The molecule has 3 atom stereocenters. The van der Waals surface area contributed by atoms with Gasteiger partial charge in [0.25, 0.3) is 0 Å². The van der Waals surface area contributed by atoms with Gasteiger partial charge in [-0.2, -0.15) is 0 Å². The molecule has 0 radical (unpaired) electrons. The van der Waals surface area contributed by atoms with E-state index >= 15 is 0 Å². The first kappa shape index (κ1) is 10.4. The zero-order valence-corrected chi connectivity index (χ0v) is 9.09. The summed E-state index contributed by atoms with van der Waals surface area (Å²) in [6, 6.07) is 0. The second-order valence-electron chi connectivity index (χ2n) is 4.99. The zero-order valence-electron chi connectivity index (χ0n) is 9.09. The van der Waals surface area contributed by atoms with Crippen molar-refractivity contribution >= 4 is 0 Å². The van der Waals surface area contributed by atoms with E-state index in [9.17, 15) is 0 Å². The van der Waals surface area contributed by atoms with Crippen LogP contribution in [0.25, 0.3) is 0 Å². The van der Waals surface area contributed by atoms with Crippen LogP contribution in [0.5, 0.6) is 0 Å². The predicted molar refractivity (Wildman–Crippen MR) is 57.1 cm³/mol. The summed E-state index contributed by atoms with van der Waals surface area (Å²) in [5, 5.41) is 3.63. The molecule has 0 aromatic heterocycles. The van der Waals surface area contributed by atoms with Crippen LogP contribution < -0.4 is 11.1 Å². The van der Waals surface area contributed by atoms with E-state index in [1.165, 1.54) is 12.8 Å². The van der Waals surface area contributed by atoms with Crippen LogP contribution in [0.15, 0.2) is 0 Å². The molecule has 0 spiro atoms. The van der Waals surface area contributed by atoms with Gasteiger partial charge in [0, 0.05) is 13.2 Å². The number of ether oxygens (including phenoxy) is 1. The lowest BCUT2D eigenvalue weighted by Crippen LogP contribution is -2.57. The molecule has 2 fully saturated rings. The minimum absolute atomic E-state index is 0.0839. The summed E-state index contributed by atoms with van der Waals surface area (Å²) in [6.45, 7) is 5.85. The fraction of sp³-hybridized carbons (Fsp3) is 1.00. The highest BCUT2D eigenvalue weighted by Crippen LogP contribution is 2.37. The third-order valence-corrected chi connectivity index (χ3v) is 3.73. The highest BCUT2D eigenvalue weighted by atomic mass is 16.5. The van der Waals surface area contributed by atoms with E-state index in [-0.39, 0.29) is 5.54 Å². The van der Waals surface area contributed by atoms with Crippen molar-refractivity contribution in [3.8, 4) is 0 Å². The summed E-state index contributed by atoms with van der Waals surface area (Å²) in [6.07, 6.45) is 3.70. The first-order valence-electron chi connectivity index (χ1n) is 5.79. The summed E-state index contributed by atoms with van der Waals surface area (Å²) in [5.74, 6) is 1.81. The summed E-state index contributed by atoms with van der Waals surface area (Å²) in [5.41, 5.74) is 5.92. The van der Waals surface area contributed by atoms with Gasteiger partial charge in [-0.05, 0) is 37.6 Å². The summed E-state index contributed by atoms with van der Waals surface area (Å²) in [4.78, 5) is 0. The summed E-state index contributed by atoms with van der Waals surface area (Å²) < 4.78 is 5.51. The zero-order chi connectivity index (χ0) is 10.0. The van der Waals surface area contributed by atoms with E-state index in [0.29, 0.717) is 6.54 Å². The SMILES string of the molecule is CC1CC1CNC1(CN)CCCOC1. The minimum Gasteiger partial charge on any atom is -0.379 e. The molecule has 1 heterocycles. The van der Waals surface area contributed by atoms with Crippen LogP contribution in [0.2, 0.25) is 0 Å². The Labute approximate surface area is 86.4 Å². The fourth-order valence-corrected chi connectivity index (χ4v) is 2.26. The number of rotatable bonds is 4. The van der Waals surface area contributed by atoms with Crippen molar-refractivity contribution in [2.75, 3.05) is 26.3 Å². The van der Waals surface area contributed by atoms with E-state index in [2.05, 4.69) is 12.2 Å². The molecule has 3 heteroatoms. The van der Waals surface area contributed by atoms with Gasteiger partial charge in [0.15, 0.2) is 0 Å². The normalized spacial score (nSPS) is 42.4. The maximum atomic E-state index is 5.84. The van der Waals surface area contributed by atoms with Gasteiger partial charge >= 0.3 is 0 Å². The van der Waals surface area contributed by atoms with Crippen molar-refractivity contribution < 1.29 is 4.74 Å². The van der Waals surface area contributed by atoms with Gasteiger partial charge in [0.2, 0.25) is 0 Å². The van der Waals surface area contributed by atoms with Crippen molar-refractivity contribution in [3.63, 3.8) is 0 Å². The largest absolute Gasteiger partial charge is 0.379 e. The lowest BCUT2D eigenvalue weighted by molar-refractivity contribution is 0.0236. The molecule has 1 aliphatic carbocycles. The molecule has 1 saturated heterocycles. The smallest absolute Gasteiger partial charge is 0.0660 e. The fourth-order valence-electron chi connectivity index (χ4n) is 2.26. The summed E-state index contributed by atoms with van der Waals surface area (Å²) >= 11 is 0. The van der Waals surface area contributed by atoms with Gasteiger partial charge in [-0.3, -0.25) is 0 Å². The standard InChI is InChI=1S/C11H22N2O/c1-9-5-10(9)6-13-11(7-12)3-2-4-14-8-11/h9-10,13H,2-8,12H2,1H3. The Kier molecular flexibility index (Phi) is 3.10. The molecule has 3 nitrogen and oxygen atoms in total. The molecule has 2 rings (SSSR count). The molecule has 82 valence electrons. The highest BCUT2D eigenvalue weighted by Gasteiger charge is 2.36. The Morgan fingerprint density at radius 3 is 2.86 bits per heavy atom. The molecule has 1 aliphatic heterocycles. The van der Waals surface area contributed by atoms with Crippen LogP contribution >= 0.6 is 0 Å². The molecule has 3 unspecified atom stereocenters. The van der Waals surface area contributed by atoms with Crippen molar-refractivity contribution in [3.05, 3.63) is 0 Å². The van der Waals surface area contributed by atoms with Gasteiger partial charge in [-0.25, -0.2) is 0 Å². The molecule has 3 N–H and O–H groups in total. The number of nitrogens with two attached hydrogens (primary N) is 1. The topological polar surface area (TPSA) is 47.3 Å². The quantitative estimate of drug-likeness (QED) is 0.700. The van der Waals surface area contributed by atoms with Crippen LogP contribution in [0, 0.1) is 11.8 Å². The van der Waals surface area contributed by atoms with Crippen molar-refractivity contribution in [1.82, 2.24) is 5.32 Å². The van der Waals surface area contributed by atoms with Gasteiger partial charge in [-0.1, -0.05) is 6.92 Å². The van der Waals surface area contributed by atoms with Crippen LogP contribution in [0.3, 0.4) is 0 Å². The minimum atomic E-state index is 0.0839. The predicted octanol–water partition coefficient (Wildman–Crippen LogP) is 0.740. The lowest BCUT2D eigenvalue weighted by Gasteiger charge is -2.37. The molecule has 0 bridgehead atoms. The molecular formula is C11H22N2O. The summed E-state index contributed by atoms with van der Waals surface area (Å²) in [7, 11) is 0. The molecule has 0 aromatic rings. The third kappa shape index (κ3) is 2.27.